The van der Waals surface area contributed by atoms with Crippen LogP contribution in [0.25, 0.3) is 0 Å². The number of hydrogen-bond acceptors (Lipinski definition) is 3. The molecular weight excluding hydrogens is 352 g/mol. The van der Waals surface area contributed by atoms with Crippen molar-refractivity contribution in [3.8, 4) is 0 Å². The highest BCUT2D eigenvalue weighted by Crippen LogP contribution is 2.11. The number of hydrogen-bond donors (Lipinski definition) is 2. The molecule has 0 aliphatic rings. The van der Waals surface area contributed by atoms with E-state index in [2.05, 4.69) is 12.2 Å². The van der Waals surface area contributed by atoms with Gasteiger partial charge in [0, 0.05) is 18.9 Å². The molecule has 0 aromatic rings. The van der Waals surface area contributed by atoms with Crippen LogP contribution in [0.2, 0.25) is 0 Å². The molecule has 1 amide bonds. The van der Waals surface area contributed by atoms with Gasteiger partial charge in [-0.1, -0.05) is 58.3 Å². The molecule has 0 spiro atoms. The lowest BCUT2D eigenvalue weighted by atomic mass is 10.1. The van der Waals surface area contributed by atoms with Crippen molar-refractivity contribution >= 4 is 16.0 Å². The van der Waals surface area contributed by atoms with Crippen molar-refractivity contribution in [1.82, 2.24) is 5.32 Å². The lowest BCUT2D eigenvalue weighted by Crippen LogP contribution is -2.46. The second-order valence-electron chi connectivity index (χ2n) is 8.21. The first-order valence-electron chi connectivity index (χ1n) is 10.1. The van der Waals surface area contributed by atoms with E-state index in [0.29, 0.717) is 19.4 Å². The fourth-order valence-electron chi connectivity index (χ4n) is 3.06. The van der Waals surface area contributed by atoms with Crippen molar-refractivity contribution in [2.75, 3.05) is 26.5 Å². The van der Waals surface area contributed by atoms with Gasteiger partial charge in [0.1, 0.15) is 0 Å². The van der Waals surface area contributed by atoms with Gasteiger partial charge in [0.25, 0.3) is 0 Å². The molecule has 7 heteroatoms. The standard InChI is InChI=1S/C19H40N2O4S/c1-5-6-7-8-9-10-11-12-13-14-19(22)20-18(2)15-16-21(3,4)17-26(23,24)25/h18H,5-17H2,1-4H3,(H-,20,22,23,24,25)/p+1. The zero-order chi connectivity index (χ0) is 20.1. The topological polar surface area (TPSA) is 83.5 Å². The van der Waals surface area contributed by atoms with Crippen molar-refractivity contribution < 1.29 is 22.2 Å². The smallest absolute Gasteiger partial charge is 0.316 e. The highest BCUT2D eigenvalue weighted by molar-refractivity contribution is 7.85. The molecule has 2 N–H and O–H groups in total. The fourth-order valence-corrected chi connectivity index (χ4v) is 4.08. The molecule has 0 bridgehead atoms. The van der Waals surface area contributed by atoms with E-state index in [1.54, 1.807) is 14.1 Å². The summed E-state index contributed by atoms with van der Waals surface area (Å²) in [6, 6.07) is -0.000127. The van der Waals surface area contributed by atoms with Crippen LogP contribution in [-0.2, 0) is 14.9 Å². The van der Waals surface area contributed by atoms with E-state index in [1.807, 2.05) is 6.92 Å². The third kappa shape index (κ3) is 16.8. The number of unbranched alkanes of at least 4 members (excludes halogenated alkanes) is 8. The summed E-state index contributed by atoms with van der Waals surface area (Å²) in [6.07, 6.45) is 12.3. The number of amides is 1. The third-order valence-corrected chi connectivity index (χ3v) is 5.62. The summed E-state index contributed by atoms with van der Waals surface area (Å²) in [4.78, 5) is 12.0. The van der Waals surface area contributed by atoms with Crippen LogP contribution in [0, 0.1) is 0 Å². The Morgan fingerprint density at radius 3 is 2.00 bits per heavy atom. The average molecular weight is 394 g/mol. The Labute approximate surface area is 161 Å². The number of quaternary nitrogens is 1. The number of nitrogens with one attached hydrogen (secondary N) is 1. The normalized spacial score (nSPS) is 13.6. The van der Waals surface area contributed by atoms with E-state index in [-0.39, 0.29) is 22.3 Å². The molecule has 6 nitrogen and oxygen atoms in total. The first-order chi connectivity index (χ1) is 12.1. The molecule has 0 aromatic heterocycles. The molecule has 0 saturated heterocycles. The molecule has 0 fully saturated rings. The Kier molecular flexibility index (Phi) is 13.2. The van der Waals surface area contributed by atoms with E-state index in [9.17, 15) is 13.2 Å². The summed E-state index contributed by atoms with van der Waals surface area (Å²) >= 11 is 0. The Morgan fingerprint density at radius 2 is 1.50 bits per heavy atom. The maximum Gasteiger partial charge on any atom is 0.316 e. The van der Waals surface area contributed by atoms with Gasteiger partial charge in [0.2, 0.25) is 11.8 Å². The molecule has 26 heavy (non-hydrogen) atoms. The maximum absolute atomic E-state index is 12.0. The van der Waals surface area contributed by atoms with E-state index in [4.69, 9.17) is 4.55 Å². The minimum Gasteiger partial charge on any atom is -0.353 e. The van der Waals surface area contributed by atoms with Crippen LogP contribution in [0.4, 0.5) is 0 Å². The Balaban J connectivity index is 3.73. The van der Waals surface area contributed by atoms with Gasteiger partial charge in [-0.3, -0.25) is 9.35 Å². The van der Waals surface area contributed by atoms with Crippen LogP contribution in [0.1, 0.15) is 84.5 Å². The van der Waals surface area contributed by atoms with Crippen LogP contribution in [0.5, 0.6) is 0 Å². The van der Waals surface area contributed by atoms with Crippen LogP contribution in [-0.4, -0.2) is 55.9 Å². The zero-order valence-corrected chi connectivity index (χ0v) is 18.1. The highest BCUT2D eigenvalue weighted by atomic mass is 32.2. The van der Waals surface area contributed by atoms with Crippen LogP contribution in [0.15, 0.2) is 0 Å². The molecule has 0 rings (SSSR count). The molecule has 1 unspecified atom stereocenters. The number of nitrogens with zero attached hydrogens (tertiary/aromatic N) is 1. The third-order valence-electron chi connectivity index (χ3n) is 4.59. The first kappa shape index (κ1) is 25.3. The van der Waals surface area contributed by atoms with Gasteiger partial charge >= 0.3 is 10.1 Å². The maximum atomic E-state index is 12.0. The minimum atomic E-state index is -3.99. The second kappa shape index (κ2) is 13.5. The van der Waals surface area contributed by atoms with Gasteiger partial charge in [-0.25, -0.2) is 0 Å². The summed E-state index contributed by atoms with van der Waals surface area (Å²) < 4.78 is 31.1. The summed E-state index contributed by atoms with van der Waals surface area (Å²) in [7, 11) is -0.485. The van der Waals surface area contributed by atoms with Gasteiger partial charge in [-0.05, 0) is 13.3 Å². The number of rotatable bonds is 16. The summed E-state index contributed by atoms with van der Waals surface area (Å²) in [5.74, 6) is -0.243. The van der Waals surface area contributed by atoms with Crippen molar-refractivity contribution in [2.45, 2.75) is 90.5 Å². The Bertz CT molecular complexity index is 478. The predicted octanol–water partition coefficient (Wildman–Crippen LogP) is 3.72. The van der Waals surface area contributed by atoms with E-state index in [1.165, 1.54) is 44.9 Å². The predicted molar refractivity (Wildman–Crippen MR) is 107 cm³/mol. The van der Waals surface area contributed by atoms with Crippen LogP contribution in [0.3, 0.4) is 0 Å². The molecular formula is C19H41N2O4S+. The van der Waals surface area contributed by atoms with Gasteiger partial charge in [-0.15, -0.1) is 0 Å². The van der Waals surface area contributed by atoms with Gasteiger partial charge in [-0.2, -0.15) is 8.42 Å². The fraction of sp³-hybridized carbons (Fsp3) is 0.947. The molecule has 0 radical (unpaired) electrons. The van der Waals surface area contributed by atoms with Crippen LogP contribution < -0.4 is 5.32 Å². The zero-order valence-electron chi connectivity index (χ0n) is 17.3. The van der Waals surface area contributed by atoms with Gasteiger partial charge in [0.15, 0.2) is 0 Å². The largest absolute Gasteiger partial charge is 0.353 e. The summed E-state index contributed by atoms with van der Waals surface area (Å²) in [5, 5.41) is 2.98. The van der Waals surface area contributed by atoms with Crippen molar-refractivity contribution in [1.29, 1.82) is 0 Å². The van der Waals surface area contributed by atoms with E-state index in [0.717, 1.165) is 12.8 Å². The minimum absolute atomic E-state index is 0.000127. The van der Waals surface area contributed by atoms with Crippen molar-refractivity contribution in [2.24, 2.45) is 0 Å². The van der Waals surface area contributed by atoms with Gasteiger partial charge in [0.05, 0.1) is 20.6 Å². The SMILES string of the molecule is CCCCCCCCCCCC(=O)NC(C)CC[N+](C)(C)CS(=O)(=O)O. The molecule has 1 atom stereocenters. The number of carbonyl (C=O) groups is 1. The molecule has 0 heterocycles. The summed E-state index contributed by atoms with van der Waals surface area (Å²) in [6.45, 7) is 4.73. The van der Waals surface area contributed by atoms with Crippen LogP contribution >= 0.6 is 0 Å². The monoisotopic (exact) mass is 393 g/mol. The molecule has 156 valence electrons. The molecule has 0 aliphatic carbocycles. The highest BCUT2D eigenvalue weighted by Gasteiger charge is 2.23. The van der Waals surface area contributed by atoms with Gasteiger partial charge < -0.3 is 9.80 Å². The molecule has 0 aromatic carbocycles. The van der Waals surface area contributed by atoms with E-state index >= 15 is 0 Å². The molecule has 0 aliphatic heterocycles. The average Bonchev–Trinajstić information content (AvgIpc) is 2.49. The lowest BCUT2D eigenvalue weighted by molar-refractivity contribution is -0.879. The summed E-state index contributed by atoms with van der Waals surface area (Å²) in [5.41, 5.74) is 0. The Hall–Kier alpha value is -0.660. The molecule has 0 saturated carbocycles. The Morgan fingerprint density at radius 1 is 1.00 bits per heavy atom. The van der Waals surface area contributed by atoms with E-state index < -0.39 is 10.1 Å². The number of carbonyl (C=O) groups excluding carboxylic acids is 1. The van der Waals surface area contributed by atoms with Crippen molar-refractivity contribution in [3.63, 3.8) is 0 Å². The van der Waals surface area contributed by atoms with Crippen molar-refractivity contribution in [3.05, 3.63) is 0 Å². The lowest BCUT2D eigenvalue weighted by Gasteiger charge is -2.29. The quantitative estimate of drug-likeness (QED) is 0.238. The second-order valence-corrected chi connectivity index (χ2v) is 9.63. The first-order valence-corrected chi connectivity index (χ1v) is 11.7.